The zero-order valence-electron chi connectivity index (χ0n) is 8.11. The predicted octanol–water partition coefficient (Wildman–Crippen LogP) is 4.43. The van der Waals surface area contributed by atoms with E-state index in [1.807, 2.05) is 0 Å². The summed E-state index contributed by atoms with van der Waals surface area (Å²) >= 11 is -0.826. The topological polar surface area (TPSA) is 0 Å². The monoisotopic (exact) mass is 295 g/mol. The molecule has 0 saturated carbocycles. The molecule has 0 saturated heterocycles. The zero-order chi connectivity index (χ0) is 10.1. The van der Waals surface area contributed by atoms with Gasteiger partial charge >= 0.3 is 37.9 Å². The van der Waals surface area contributed by atoms with Crippen LogP contribution in [0.5, 0.6) is 0 Å². The second kappa shape index (κ2) is 9.37. The maximum absolute atomic E-state index is 4.93. The molecular formula is C10H15Cl2Zr-. The zero-order valence-corrected chi connectivity index (χ0v) is 12.1. The number of hydrogen-bond donors (Lipinski definition) is 0. The summed E-state index contributed by atoms with van der Waals surface area (Å²) < 4.78 is 0. The van der Waals surface area contributed by atoms with E-state index in [1.54, 1.807) is 0 Å². The van der Waals surface area contributed by atoms with Crippen LogP contribution in [0.2, 0.25) is 0 Å². The Bertz CT molecular complexity index is 208. The summed E-state index contributed by atoms with van der Waals surface area (Å²) in [5.74, 6) is 0. The molecule has 0 amide bonds. The van der Waals surface area contributed by atoms with Crippen molar-refractivity contribution in [2.24, 2.45) is 0 Å². The summed E-state index contributed by atoms with van der Waals surface area (Å²) in [7, 11) is 9.87. The van der Waals surface area contributed by atoms with Crippen LogP contribution in [-0.2, 0) is 27.3 Å². The molecule has 1 aromatic rings. The average molecular weight is 297 g/mol. The van der Waals surface area contributed by atoms with Gasteiger partial charge in [0.25, 0.3) is 0 Å². The van der Waals surface area contributed by atoms with Crippen LogP contribution in [0.1, 0.15) is 30.9 Å². The first-order valence-corrected chi connectivity index (χ1v) is 10.8. The Hall–Kier alpha value is 0.813. The Labute approximate surface area is 99.7 Å². The molecule has 0 bridgehead atoms. The van der Waals surface area contributed by atoms with E-state index in [9.17, 15) is 0 Å². The molecule has 0 fully saturated rings. The quantitative estimate of drug-likeness (QED) is 0.724. The van der Waals surface area contributed by atoms with Gasteiger partial charge in [-0.05, 0) is 0 Å². The minimum atomic E-state index is -0.826. The molecule has 0 unspecified atom stereocenters. The molecule has 1 aromatic carbocycles. The molecule has 0 aromatic heterocycles. The first-order chi connectivity index (χ1) is 6.24. The summed E-state index contributed by atoms with van der Waals surface area (Å²) in [5.41, 5.74) is 2.89. The van der Waals surface area contributed by atoms with E-state index in [-0.39, 0.29) is 0 Å². The Kier molecular flexibility index (Phi) is 9.96. The van der Waals surface area contributed by atoms with Crippen molar-refractivity contribution in [3.05, 3.63) is 29.3 Å². The van der Waals surface area contributed by atoms with E-state index >= 15 is 0 Å². The first-order valence-electron chi connectivity index (χ1n) is 4.43. The third-order valence-electron chi connectivity index (χ3n) is 1.79. The second-order valence-corrected chi connectivity index (χ2v) is 6.70. The van der Waals surface area contributed by atoms with Crippen LogP contribution < -0.4 is 0 Å². The summed E-state index contributed by atoms with van der Waals surface area (Å²) in [4.78, 5) is 0. The molecule has 0 aliphatic carbocycles. The van der Waals surface area contributed by atoms with E-state index in [4.69, 9.17) is 17.0 Å². The normalized spacial score (nSPS) is 8.92. The van der Waals surface area contributed by atoms with Crippen LogP contribution in [-0.4, -0.2) is 0 Å². The number of rotatable bonds is 3. The fourth-order valence-electron chi connectivity index (χ4n) is 1.16. The molecule has 0 aliphatic heterocycles. The molecule has 74 valence electrons. The predicted molar refractivity (Wildman–Crippen MR) is 57.1 cm³/mol. The third kappa shape index (κ3) is 7.85. The second-order valence-electron chi connectivity index (χ2n) is 2.97. The maximum atomic E-state index is 4.93. The SMILES string of the molecule is CCCC[c-]1ccc(C)c1.[Cl][Zr][Cl]. The van der Waals surface area contributed by atoms with Gasteiger partial charge in [0, 0.05) is 0 Å². The van der Waals surface area contributed by atoms with E-state index in [0.29, 0.717) is 0 Å². The minimum absolute atomic E-state index is 0.826. The summed E-state index contributed by atoms with van der Waals surface area (Å²) in [6.07, 6.45) is 3.87. The van der Waals surface area contributed by atoms with Crippen molar-refractivity contribution in [2.45, 2.75) is 33.1 Å². The standard InChI is InChI=1S/C10H15.2ClH.Zr/c1-3-4-5-10-7-6-9(2)8-10;;;/h6-8H,3-5H2,1-2H3;2*1H;/q-1;;;+2/p-2. The van der Waals surface area contributed by atoms with Crippen molar-refractivity contribution in [1.82, 2.24) is 0 Å². The summed E-state index contributed by atoms with van der Waals surface area (Å²) in [5, 5.41) is 0. The molecular weight excluding hydrogens is 282 g/mol. The Morgan fingerprint density at radius 2 is 2.08 bits per heavy atom. The Morgan fingerprint density at radius 1 is 1.46 bits per heavy atom. The van der Waals surface area contributed by atoms with Gasteiger partial charge < -0.3 is 0 Å². The van der Waals surface area contributed by atoms with Gasteiger partial charge in [-0.1, -0.05) is 33.1 Å². The van der Waals surface area contributed by atoms with E-state index < -0.39 is 20.8 Å². The van der Waals surface area contributed by atoms with Gasteiger partial charge in [-0.3, -0.25) is 0 Å². The molecule has 1 rings (SSSR count). The Morgan fingerprint density at radius 3 is 2.46 bits per heavy atom. The molecule has 0 spiro atoms. The van der Waals surface area contributed by atoms with Crippen LogP contribution in [0.15, 0.2) is 18.2 Å². The van der Waals surface area contributed by atoms with Gasteiger partial charge in [-0.15, -0.1) is 0 Å². The Balaban J connectivity index is 0.000000424. The molecule has 0 atom stereocenters. The fourth-order valence-corrected chi connectivity index (χ4v) is 1.16. The molecule has 0 aliphatic rings. The summed E-state index contributed by atoms with van der Waals surface area (Å²) in [6, 6.07) is 6.69. The number of hydrogen-bond acceptors (Lipinski definition) is 0. The van der Waals surface area contributed by atoms with Crippen LogP contribution in [0.3, 0.4) is 0 Å². The van der Waals surface area contributed by atoms with Crippen molar-refractivity contribution < 1.29 is 20.8 Å². The van der Waals surface area contributed by atoms with Gasteiger partial charge in [-0.2, -0.15) is 17.7 Å². The van der Waals surface area contributed by atoms with Crippen LogP contribution >= 0.6 is 17.0 Å². The fraction of sp³-hybridized carbons (Fsp3) is 0.500. The number of unbranched alkanes of at least 4 members (excludes halogenated alkanes) is 1. The third-order valence-corrected chi connectivity index (χ3v) is 1.79. The van der Waals surface area contributed by atoms with Crippen molar-refractivity contribution in [2.75, 3.05) is 0 Å². The van der Waals surface area contributed by atoms with Crippen molar-refractivity contribution >= 4 is 17.0 Å². The molecule has 13 heavy (non-hydrogen) atoms. The van der Waals surface area contributed by atoms with Crippen LogP contribution in [0.25, 0.3) is 0 Å². The van der Waals surface area contributed by atoms with E-state index in [1.165, 1.54) is 30.4 Å². The van der Waals surface area contributed by atoms with Gasteiger partial charge in [0.1, 0.15) is 0 Å². The van der Waals surface area contributed by atoms with Gasteiger partial charge in [0.05, 0.1) is 0 Å². The van der Waals surface area contributed by atoms with Crippen molar-refractivity contribution in [1.29, 1.82) is 0 Å². The van der Waals surface area contributed by atoms with Crippen molar-refractivity contribution in [3.8, 4) is 0 Å². The van der Waals surface area contributed by atoms with Gasteiger partial charge in [-0.25, -0.2) is 11.6 Å². The van der Waals surface area contributed by atoms with Crippen molar-refractivity contribution in [3.63, 3.8) is 0 Å². The molecule has 0 N–H and O–H groups in total. The number of halogens is 2. The molecule has 0 nitrogen and oxygen atoms in total. The molecule has 0 heterocycles. The van der Waals surface area contributed by atoms with Crippen LogP contribution in [0, 0.1) is 6.92 Å². The summed E-state index contributed by atoms with van der Waals surface area (Å²) in [6.45, 7) is 4.38. The van der Waals surface area contributed by atoms with Gasteiger partial charge in [0.15, 0.2) is 0 Å². The first kappa shape index (κ1) is 13.8. The molecule has 0 radical (unpaired) electrons. The molecule has 3 heteroatoms. The number of aryl methyl sites for hydroxylation is 2. The van der Waals surface area contributed by atoms with E-state index in [0.717, 1.165) is 0 Å². The van der Waals surface area contributed by atoms with E-state index in [2.05, 4.69) is 32.0 Å². The van der Waals surface area contributed by atoms with Gasteiger partial charge in [0.2, 0.25) is 0 Å². The van der Waals surface area contributed by atoms with Crippen LogP contribution in [0.4, 0.5) is 0 Å². The average Bonchev–Trinajstić information content (AvgIpc) is 2.49.